The molecule has 0 fully saturated rings. The minimum absolute atomic E-state index is 0. The number of hydrogen-bond donors (Lipinski definition) is 2. The van der Waals surface area contributed by atoms with E-state index >= 15 is 0 Å². The van der Waals surface area contributed by atoms with Crippen molar-refractivity contribution in [1.29, 1.82) is 0 Å². The summed E-state index contributed by atoms with van der Waals surface area (Å²) in [5, 5.41) is 40.0. The van der Waals surface area contributed by atoms with Crippen molar-refractivity contribution in [3.8, 4) is 0 Å². The number of aliphatic carboxylic acids is 2. The number of hydrogen-bond acceptors (Lipinski definition) is 6. The van der Waals surface area contributed by atoms with Crippen LogP contribution in [0.1, 0.15) is 181 Å². The number of carbonyl (C=O) groups is 2. The van der Waals surface area contributed by atoms with Crippen molar-refractivity contribution >= 4 is 35.0 Å². The van der Waals surface area contributed by atoms with E-state index in [0.717, 1.165) is 116 Å². The van der Waals surface area contributed by atoms with Crippen molar-refractivity contribution in [2.45, 2.75) is 193 Å². The molecule has 0 aromatic rings. The number of unbranched alkanes of at least 4 members (excludes halogenated alkanes) is 16. The van der Waals surface area contributed by atoms with Gasteiger partial charge in [0.15, 0.2) is 0 Å². The van der Waals surface area contributed by atoms with Crippen LogP contribution in [-0.4, -0.2) is 57.4 Å². The molecule has 0 aliphatic carbocycles. The van der Waals surface area contributed by atoms with Gasteiger partial charge in [0.25, 0.3) is 0 Å². The second-order valence-corrected chi connectivity index (χ2v) is 11.8. The van der Waals surface area contributed by atoms with Crippen LogP contribution in [0, 0.1) is 0 Å². The molecule has 0 radical (unpaired) electrons. The Hall–Kier alpha value is -0.894. The summed E-state index contributed by atoms with van der Waals surface area (Å²) < 4.78 is 0. The summed E-state index contributed by atoms with van der Waals surface area (Å²) >= 11 is 0. The third-order valence-electron chi connectivity index (χ3n) is 7.43. The first-order valence-electron chi connectivity index (χ1n) is 17.4. The Bertz CT molecular complexity index is 583. The molecule has 0 rings (SSSR count). The maximum absolute atomic E-state index is 10.2. The monoisotopic (exact) mass is 618 g/mol. The molecule has 0 saturated heterocycles. The molecular formula is C36H66MgO6. The number of carboxylic acids is 2. The minimum Gasteiger partial charge on any atom is -0.550 e. The van der Waals surface area contributed by atoms with Crippen LogP contribution in [-0.2, 0) is 9.59 Å². The number of aliphatic hydroxyl groups is 2. The number of carboxylic acid groups (broad SMARTS) is 2. The number of rotatable bonds is 30. The predicted molar refractivity (Wildman–Crippen MR) is 177 cm³/mol. The van der Waals surface area contributed by atoms with E-state index in [1.165, 1.54) is 38.5 Å². The van der Waals surface area contributed by atoms with Crippen molar-refractivity contribution < 1.29 is 30.0 Å². The van der Waals surface area contributed by atoms with Gasteiger partial charge in [0.05, 0.1) is 12.2 Å². The van der Waals surface area contributed by atoms with E-state index in [1.54, 1.807) is 0 Å². The van der Waals surface area contributed by atoms with Crippen LogP contribution >= 0.6 is 0 Å². The Balaban J connectivity index is -0.000000727. The van der Waals surface area contributed by atoms with Gasteiger partial charge in [-0.05, 0) is 77.0 Å². The third kappa shape index (κ3) is 45.7. The third-order valence-corrected chi connectivity index (χ3v) is 7.43. The average molecular weight is 619 g/mol. The molecule has 0 aliphatic heterocycles. The first-order valence-corrected chi connectivity index (χ1v) is 17.4. The van der Waals surface area contributed by atoms with Crippen molar-refractivity contribution in [3.05, 3.63) is 24.3 Å². The molecule has 0 spiro atoms. The van der Waals surface area contributed by atoms with Gasteiger partial charge in [-0.15, -0.1) is 0 Å². The zero-order chi connectivity index (χ0) is 31.5. The normalized spacial score (nSPS) is 12.6. The van der Waals surface area contributed by atoms with E-state index in [1.807, 2.05) is 0 Å². The van der Waals surface area contributed by atoms with Crippen LogP contribution in [0.5, 0.6) is 0 Å². The van der Waals surface area contributed by atoms with Crippen molar-refractivity contribution in [2.75, 3.05) is 0 Å². The topological polar surface area (TPSA) is 121 Å². The average Bonchev–Trinajstić information content (AvgIpc) is 2.95. The van der Waals surface area contributed by atoms with Crippen LogP contribution < -0.4 is 10.2 Å². The molecular weight excluding hydrogens is 553 g/mol. The Morgan fingerprint density at radius 1 is 0.512 bits per heavy atom. The first-order chi connectivity index (χ1) is 20.3. The summed E-state index contributed by atoms with van der Waals surface area (Å²) in [5.41, 5.74) is 0. The van der Waals surface area contributed by atoms with Gasteiger partial charge < -0.3 is 30.0 Å². The van der Waals surface area contributed by atoms with E-state index in [2.05, 4.69) is 38.2 Å². The predicted octanol–water partition coefficient (Wildman–Crippen LogP) is 7.11. The molecule has 2 unspecified atom stereocenters. The smallest absolute Gasteiger partial charge is 0.550 e. The van der Waals surface area contributed by atoms with E-state index in [0.29, 0.717) is 0 Å². The summed E-state index contributed by atoms with van der Waals surface area (Å²) in [6, 6.07) is 0. The minimum atomic E-state index is -0.939. The Labute approximate surface area is 281 Å². The van der Waals surface area contributed by atoms with Crippen molar-refractivity contribution in [3.63, 3.8) is 0 Å². The first kappa shape index (κ1) is 46.5. The fourth-order valence-corrected chi connectivity index (χ4v) is 4.72. The molecule has 7 heteroatoms. The molecule has 0 saturated carbocycles. The standard InChI is InChI=1S/2C18H34O3.Mg/c2*1-2-3-4-11-14-17(19)15-12-9-7-5-6-8-10-13-16-18(20)21;/h2*9,12,17,19H,2-8,10-11,13-16H2,1H3,(H,20,21);/q;;+2/p-2. The fraction of sp³-hybridized carbons (Fsp3) is 0.833. The Morgan fingerprint density at radius 2 is 0.837 bits per heavy atom. The maximum atomic E-state index is 10.2. The number of aliphatic hydroxyl groups excluding tert-OH is 2. The summed E-state index contributed by atoms with van der Waals surface area (Å²) in [6.07, 6.45) is 34.0. The number of carbonyl (C=O) groups excluding carboxylic acids is 2. The van der Waals surface area contributed by atoms with Crippen molar-refractivity contribution in [2.24, 2.45) is 0 Å². The van der Waals surface area contributed by atoms with Crippen LogP contribution in [0.4, 0.5) is 0 Å². The second kappa shape index (κ2) is 39.1. The maximum Gasteiger partial charge on any atom is 2.00 e. The molecule has 0 aliphatic rings. The van der Waals surface area contributed by atoms with E-state index in [-0.39, 0.29) is 48.1 Å². The summed E-state index contributed by atoms with van der Waals surface area (Å²) in [5.74, 6) is -1.88. The van der Waals surface area contributed by atoms with E-state index in [4.69, 9.17) is 0 Å². The number of allylic oxidation sites excluding steroid dienone is 2. The molecule has 0 aromatic heterocycles. The molecule has 0 bridgehead atoms. The Morgan fingerprint density at radius 3 is 1.19 bits per heavy atom. The molecule has 0 amide bonds. The van der Waals surface area contributed by atoms with Gasteiger partial charge in [0.1, 0.15) is 0 Å². The van der Waals surface area contributed by atoms with Gasteiger partial charge in [-0.3, -0.25) is 0 Å². The summed E-state index contributed by atoms with van der Waals surface area (Å²) in [4.78, 5) is 20.4. The quantitative estimate of drug-likeness (QED) is 0.0503. The van der Waals surface area contributed by atoms with Crippen LogP contribution in [0.25, 0.3) is 0 Å². The zero-order valence-electron chi connectivity index (χ0n) is 28.1. The summed E-state index contributed by atoms with van der Waals surface area (Å²) in [6.45, 7) is 4.39. The molecule has 0 heterocycles. The fourth-order valence-electron chi connectivity index (χ4n) is 4.72. The Kier molecular flexibility index (Phi) is 42.3. The molecule has 0 aromatic carbocycles. The largest absolute Gasteiger partial charge is 2.00 e. The van der Waals surface area contributed by atoms with Gasteiger partial charge in [-0.25, -0.2) is 0 Å². The molecule has 2 atom stereocenters. The van der Waals surface area contributed by atoms with Gasteiger partial charge in [-0.2, -0.15) is 0 Å². The molecule has 248 valence electrons. The van der Waals surface area contributed by atoms with Gasteiger partial charge >= 0.3 is 23.1 Å². The van der Waals surface area contributed by atoms with Gasteiger partial charge in [0, 0.05) is 11.9 Å². The molecule has 43 heavy (non-hydrogen) atoms. The van der Waals surface area contributed by atoms with Crippen LogP contribution in [0.2, 0.25) is 0 Å². The zero-order valence-corrected chi connectivity index (χ0v) is 29.5. The molecule has 6 nitrogen and oxygen atoms in total. The van der Waals surface area contributed by atoms with E-state index < -0.39 is 11.9 Å². The van der Waals surface area contributed by atoms with Crippen LogP contribution in [0.15, 0.2) is 24.3 Å². The van der Waals surface area contributed by atoms with E-state index in [9.17, 15) is 30.0 Å². The molecule has 2 N–H and O–H groups in total. The van der Waals surface area contributed by atoms with Crippen molar-refractivity contribution in [1.82, 2.24) is 0 Å². The van der Waals surface area contributed by atoms with Gasteiger partial charge in [0.2, 0.25) is 0 Å². The second-order valence-electron chi connectivity index (χ2n) is 11.8. The SMILES string of the molecule is CCCCCCC(O)CC=CCCCCCCCC(=O)[O-].CCCCCCC(O)CC=CCCCCCCCC(=O)[O-].[Mg+2]. The van der Waals surface area contributed by atoms with Crippen LogP contribution in [0.3, 0.4) is 0 Å². The summed E-state index contributed by atoms with van der Waals surface area (Å²) in [7, 11) is 0. The van der Waals surface area contributed by atoms with Gasteiger partial charge in [-0.1, -0.05) is 128 Å².